The standard InChI is InChI=1S/C44H53ClN4O7S/c1-28(8-6-10-39(54-5)40-36-19-43(36,40)2)24-57(52,27-46-41(50)31-17-33-22-55-34(23-53-4)21-49(33)20-31)47-42(51)30-11-14-38-37(18-30)48(3)25-44(26-56-38)15-7-9-29-16-32(45)12-13-35(29)44/h6,10-14,16-18,20,27-28,34,36,39-40H,7-9,15,19,21-26H2,1-5H3/b10-6+,46-27?/t28-,34+,36?,39-,40-,43-,44-,57?/m0/s1. The van der Waals surface area contributed by atoms with Crippen molar-refractivity contribution in [1.82, 2.24) is 4.57 Å². The maximum atomic E-state index is 14.7. The number of nitrogens with zero attached hydrogens (tertiary/aromatic N) is 4. The number of amides is 2. The molecule has 0 saturated heterocycles. The monoisotopic (exact) mass is 816 g/mol. The van der Waals surface area contributed by atoms with Gasteiger partial charge in [0.15, 0.2) is 0 Å². The Morgan fingerprint density at radius 2 is 1.96 bits per heavy atom. The molecule has 1 aromatic heterocycles. The minimum absolute atomic E-state index is 0.0416. The number of fused-ring (bicyclic) bond motifs is 5. The largest absolute Gasteiger partial charge is 0.490 e. The summed E-state index contributed by atoms with van der Waals surface area (Å²) < 4.78 is 44.4. The lowest BCUT2D eigenvalue weighted by Gasteiger charge is -2.39. The van der Waals surface area contributed by atoms with E-state index in [9.17, 15) is 13.8 Å². The number of hydrogen-bond donors (Lipinski definition) is 0. The van der Waals surface area contributed by atoms with Gasteiger partial charge in [0.2, 0.25) is 0 Å². The molecular formula is C44H53ClN4O7S. The van der Waals surface area contributed by atoms with Crippen molar-refractivity contribution in [3.63, 3.8) is 0 Å². The Labute approximate surface area is 340 Å². The molecule has 8 atom stereocenters. The number of aryl methyl sites for hydroxylation is 1. The molecule has 11 nitrogen and oxygen atoms in total. The van der Waals surface area contributed by atoms with Gasteiger partial charge in [-0.2, -0.15) is 4.36 Å². The van der Waals surface area contributed by atoms with Crippen LogP contribution in [0.2, 0.25) is 5.02 Å². The molecule has 3 heterocycles. The van der Waals surface area contributed by atoms with Crippen LogP contribution in [-0.2, 0) is 48.9 Å². The van der Waals surface area contributed by atoms with Crippen molar-refractivity contribution in [2.45, 2.75) is 76.7 Å². The molecule has 0 bridgehead atoms. The van der Waals surface area contributed by atoms with Crippen molar-refractivity contribution >= 4 is 44.4 Å². The van der Waals surface area contributed by atoms with E-state index in [2.05, 4.69) is 45.5 Å². The highest BCUT2D eigenvalue weighted by Gasteiger charge is 2.77. The van der Waals surface area contributed by atoms with Gasteiger partial charge in [-0.1, -0.05) is 43.7 Å². The summed E-state index contributed by atoms with van der Waals surface area (Å²) >= 11 is 6.37. The van der Waals surface area contributed by atoms with Gasteiger partial charge in [0.05, 0.1) is 59.6 Å². The van der Waals surface area contributed by atoms with Gasteiger partial charge in [-0.15, -0.1) is 0 Å². The zero-order valence-electron chi connectivity index (χ0n) is 33.4. The third-order valence-electron chi connectivity index (χ3n) is 12.9. The fourth-order valence-corrected chi connectivity index (χ4v) is 11.5. The summed E-state index contributed by atoms with van der Waals surface area (Å²) in [5.41, 5.74) is 6.00. The zero-order valence-corrected chi connectivity index (χ0v) is 35.0. The van der Waals surface area contributed by atoms with E-state index in [1.807, 2.05) is 24.6 Å². The predicted octanol–water partition coefficient (Wildman–Crippen LogP) is 7.52. The Hall–Kier alpha value is -3.81. The summed E-state index contributed by atoms with van der Waals surface area (Å²) in [6.07, 6.45) is 10.7. The molecule has 0 radical (unpaired) electrons. The van der Waals surface area contributed by atoms with Crippen LogP contribution < -0.4 is 9.64 Å². The maximum absolute atomic E-state index is 14.7. The molecule has 0 N–H and O–H groups in total. The van der Waals surface area contributed by atoms with Crippen LogP contribution in [0.1, 0.15) is 77.1 Å². The molecule has 1 spiro atoms. The highest BCUT2D eigenvalue weighted by atomic mass is 35.5. The SMILES string of the molecule is COC[C@H]1Cn2cc(C(=O)N=CS(=O)(C[C@@H](C)C/C=C/[C@H](OC)[C@@H]3C4C[C@@]43C)=NC(=O)c3ccc4c(c3)N(C)C[C@@]3(CCCc5cc(Cl)ccc53)CO4)cc2CO1. The maximum Gasteiger partial charge on any atom is 0.285 e. The van der Waals surface area contributed by atoms with E-state index in [1.54, 1.807) is 44.7 Å². The van der Waals surface area contributed by atoms with Gasteiger partial charge in [0.1, 0.15) is 11.3 Å². The number of methoxy groups -OCH3 is 2. The van der Waals surface area contributed by atoms with Crippen LogP contribution in [0.15, 0.2) is 70.2 Å². The topological polar surface area (TPSA) is 121 Å². The molecule has 8 rings (SSSR count). The van der Waals surface area contributed by atoms with E-state index in [4.69, 9.17) is 30.5 Å². The van der Waals surface area contributed by atoms with Gasteiger partial charge >= 0.3 is 0 Å². The van der Waals surface area contributed by atoms with Crippen molar-refractivity contribution in [3.8, 4) is 5.75 Å². The first kappa shape index (κ1) is 40.0. The van der Waals surface area contributed by atoms with Crippen molar-refractivity contribution in [2.75, 3.05) is 51.7 Å². The minimum Gasteiger partial charge on any atom is -0.490 e. The first-order valence-corrected chi connectivity index (χ1v) is 22.1. The Balaban J connectivity index is 1.03. The average molecular weight is 817 g/mol. The molecule has 2 aliphatic heterocycles. The molecule has 13 heteroatoms. The number of ether oxygens (including phenoxy) is 4. The predicted molar refractivity (Wildman–Crippen MR) is 222 cm³/mol. The molecule has 5 aliphatic rings. The first-order chi connectivity index (χ1) is 27.3. The Morgan fingerprint density at radius 1 is 1.14 bits per heavy atom. The number of benzene rings is 2. The van der Waals surface area contributed by atoms with Gasteiger partial charge in [-0.3, -0.25) is 9.59 Å². The van der Waals surface area contributed by atoms with Crippen LogP contribution in [-0.4, -0.2) is 85.1 Å². The van der Waals surface area contributed by atoms with E-state index >= 15 is 0 Å². The molecule has 57 heavy (non-hydrogen) atoms. The number of carbonyl (C=O) groups is 2. The molecule has 3 aliphatic carbocycles. The highest BCUT2D eigenvalue weighted by molar-refractivity contribution is 8.06. The minimum atomic E-state index is -3.44. The summed E-state index contributed by atoms with van der Waals surface area (Å²) in [5, 5.41) is 0.731. The summed E-state index contributed by atoms with van der Waals surface area (Å²) in [6, 6.07) is 13.1. The second kappa shape index (κ2) is 15.7. The molecule has 2 amide bonds. The van der Waals surface area contributed by atoms with Crippen molar-refractivity contribution < 1.29 is 32.7 Å². The smallest absolute Gasteiger partial charge is 0.285 e. The molecular weight excluding hydrogens is 764 g/mol. The van der Waals surface area contributed by atoms with Crippen molar-refractivity contribution in [2.24, 2.45) is 32.5 Å². The van der Waals surface area contributed by atoms with E-state index < -0.39 is 21.5 Å². The van der Waals surface area contributed by atoms with Gasteiger partial charge < -0.3 is 28.4 Å². The normalized spacial score (nSPS) is 28.0. The highest BCUT2D eigenvalue weighted by Crippen LogP contribution is 2.81. The lowest BCUT2D eigenvalue weighted by Crippen LogP contribution is -2.44. The fourth-order valence-electron chi connectivity index (χ4n) is 9.54. The Bertz CT molecular complexity index is 2250. The fraction of sp³-hybridized carbons (Fsp3) is 0.523. The van der Waals surface area contributed by atoms with Crippen LogP contribution in [0, 0.1) is 23.2 Å². The van der Waals surface area contributed by atoms with Crippen LogP contribution in [0.4, 0.5) is 5.69 Å². The second-order valence-corrected chi connectivity index (χ2v) is 19.7. The van der Waals surface area contributed by atoms with Crippen LogP contribution in [0.5, 0.6) is 5.75 Å². The average Bonchev–Trinajstić information content (AvgIpc) is 3.96. The lowest BCUT2D eigenvalue weighted by molar-refractivity contribution is -0.0382. The quantitative estimate of drug-likeness (QED) is 0.105. The number of rotatable bonds is 12. The molecule has 2 unspecified atom stereocenters. The van der Waals surface area contributed by atoms with Crippen LogP contribution >= 0.6 is 11.6 Å². The lowest BCUT2D eigenvalue weighted by atomic mass is 9.70. The summed E-state index contributed by atoms with van der Waals surface area (Å²) in [6.45, 7) is 6.79. The van der Waals surface area contributed by atoms with Crippen molar-refractivity contribution in [1.29, 1.82) is 0 Å². The van der Waals surface area contributed by atoms with Crippen LogP contribution in [0.3, 0.4) is 0 Å². The van der Waals surface area contributed by atoms with Gasteiger partial charge in [0.25, 0.3) is 11.8 Å². The van der Waals surface area contributed by atoms with E-state index in [1.165, 1.54) is 17.5 Å². The summed E-state index contributed by atoms with van der Waals surface area (Å²) in [5.74, 6) is 0.664. The van der Waals surface area contributed by atoms with E-state index in [-0.39, 0.29) is 34.9 Å². The van der Waals surface area contributed by atoms with Gasteiger partial charge in [0, 0.05) is 61.5 Å². The number of anilines is 1. The summed E-state index contributed by atoms with van der Waals surface area (Å²) in [4.78, 5) is 33.7. The van der Waals surface area contributed by atoms with Gasteiger partial charge in [-0.05, 0) is 103 Å². The molecule has 2 fully saturated rings. The molecule has 304 valence electrons. The molecule has 3 aromatic rings. The van der Waals surface area contributed by atoms with Crippen LogP contribution in [0.25, 0.3) is 0 Å². The number of hydrogen-bond acceptors (Lipinski definition) is 8. The Morgan fingerprint density at radius 3 is 2.72 bits per heavy atom. The number of halogens is 1. The number of allylic oxidation sites excluding steroid dienone is 1. The third kappa shape index (κ3) is 8.13. The number of likely N-dealkylation sites (N-methyl/N-ethyl adjacent to an activating group) is 1. The van der Waals surface area contributed by atoms with Gasteiger partial charge in [-0.25, -0.2) is 9.20 Å². The number of aromatic nitrogens is 1. The van der Waals surface area contributed by atoms with E-state index in [0.29, 0.717) is 62.0 Å². The first-order valence-electron chi connectivity index (χ1n) is 20.0. The third-order valence-corrected chi connectivity index (χ3v) is 15.1. The second-order valence-electron chi connectivity index (χ2n) is 17.1. The number of aliphatic imine (C=N–C) groups is 1. The zero-order chi connectivity index (χ0) is 40.1. The van der Waals surface area contributed by atoms with E-state index in [0.717, 1.165) is 47.1 Å². The van der Waals surface area contributed by atoms with Crippen molar-refractivity contribution in [3.05, 3.63) is 93.8 Å². The Kier molecular flexibility index (Phi) is 11.0. The number of carbonyl (C=O) groups excluding carboxylic acids is 2. The summed E-state index contributed by atoms with van der Waals surface area (Å²) in [7, 11) is 1.94. The molecule has 2 aromatic carbocycles. The molecule has 2 saturated carbocycles.